The highest BCUT2D eigenvalue weighted by molar-refractivity contribution is 5.71. The monoisotopic (exact) mass is 1050 g/mol. The highest BCUT2D eigenvalue weighted by Crippen LogP contribution is 2.16. The zero-order chi connectivity index (χ0) is 54.3. The highest BCUT2D eigenvalue weighted by atomic mass is 16.6. The Labute approximate surface area is 466 Å². The van der Waals surface area contributed by atoms with Crippen LogP contribution in [0.5, 0.6) is 0 Å². The van der Waals surface area contributed by atoms with Gasteiger partial charge in [0.1, 0.15) is 13.2 Å². The normalized spacial score (nSPS) is 12.4. The zero-order valence-corrected chi connectivity index (χ0v) is 50.1. The molecular formula is C69H124O6. The third-order valence-corrected chi connectivity index (χ3v) is 14.5. The van der Waals surface area contributed by atoms with E-state index in [4.69, 9.17) is 14.2 Å². The van der Waals surface area contributed by atoms with Crippen LogP contribution in [0.3, 0.4) is 0 Å². The fraction of sp³-hybridized carbons (Fsp3) is 0.812. The first-order chi connectivity index (χ1) is 37.0. The van der Waals surface area contributed by atoms with E-state index in [0.717, 1.165) is 77.0 Å². The van der Waals surface area contributed by atoms with Gasteiger partial charge >= 0.3 is 17.9 Å². The van der Waals surface area contributed by atoms with Crippen molar-refractivity contribution in [3.05, 3.63) is 60.8 Å². The molecule has 0 radical (unpaired) electrons. The first-order valence-corrected chi connectivity index (χ1v) is 32.8. The van der Waals surface area contributed by atoms with E-state index in [1.54, 1.807) is 0 Å². The molecule has 0 fully saturated rings. The van der Waals surface area contributed by atoms with Crippen molar-refractivity contribution < 1.29 is 28.6 Å². The summed E-state index contributed by atoms with van der Waals surface area (Å²) in [5.41, 5.74) is 0. The molecule has 0 aliphatic rings. The van der Waals surface area contributed by atoms with Crippen LogP contribution >= 0.6 is 0 Å². The van der Waals surface area contributed by atoms with Crippen molar-refractivity contribution in [3.63, 3.8) is 0 Å². The Bertz CT molecular complexity index is 1340. The third kappa shape index (κ3) is 61.8. The zero-order valence-electron chi connectivity index (χ0n) is 50.1. The second-order valence-corrected chi connectivity index (χ2v) is 22.0. The van der Waals surface area contributed by atoms with E-state index in [1.807, 2.05) is 0 Å². The van der Waals surface area contributed by atoms with E-state index < -0.39 is 6.10 Å². The lowest BCUT2D eigenvalue weighted by Gasteiger charge is -2.18. The van der Waals surface area contributed by atoms with Crippen molar-refractivity contribution in [1.82, 2.24) is 0 Å². The Balaban J connectivity index is 4.32. The summed E-state index contributed by atoms with van der Waals surface area (Å²) in [6.45, 7) is 6.65. The van der Waals surface area contributed by atoms with Gasteiger partial charge in [0.05, 0.1) is 0 Å². The van der Waals surface area contributed by atoms with Gasteiger partial charge in [0.25, 0.3) is 0 Å². The van der Waals surface area contributed by atoms with Gasteiger partial charge in [-0.15, -0.1) is 0 Å². The van der Waals surface area contributed by atoms with Gasteiger partial charge < -0.3 is 14.2 Å². The number of unbranched alkanes of at least 4 members (excludes halogenated alkanes) is 39. The van der Waals surface area contributed by atoms with Crippen molar-refractivity contribution in [2.45, 2.75) is 348 Å². The molecular weight excluding hydrogens is 925 g/mol. The minimum Gasteiger partial charge on any atom is -0.462 e. The van der Waals surface area contributed by atoms with Gasteiger partial charge in [-0.05, 0) is 109 Å². The van der Waals surface area contributed by atoms with Crippen LogP contribution in [0.2, 0.25) is 0 Å². The molecule has 1 atom stereocenters. The van der Waals surface area contributed by atoms with Crippen LogP contribution in [0.15, 0.2) is 60.8 Å². The molecule has 0 aromatic rings. The molecule has 0 aromatic heterocycles. The van der Waals surface area contributed by atoms with Crippen LogP contribution in [0, 0.1) is 0 Å². The molecule has 0 saturated carbocycles. The molecule has 0 bridgehead atoms. The van der Waals surface area contributed by atoms with Gasteiger partial charge in [0.15, 0.2) is 6.10 Å². The minimum absolute atomic E-state index is 0.0788. The molecule has 75 heavy (non-hydrogen) atoms. The van der Waals surface area contributed by atoms with Crippen LogP contribution in [0.1, 0.15) is 342 Å². The minimum atomic E-state index is -0.782. The number of esters is 3. The van der Waals surface area contributed by atoms with E-state index in [-0.39, 0.29) is 31.1 Å². The Morgan fingerprint density at radius 3 is 0.760 bits per heavy atom. The summed E-state index contributed by atoms with van der Waals surface area (Å²) >= 11 is 0. The summed E-state index contributed by atoms with van der Waals surface area (Å²) in [5.74, 6) is -0.878. The lowest BCUT2D eigenvalue weighted by atomic mass is 10.1. The Morgan fingerprint density at radius 2 is 0.480 bits per heavy atom. The maximum atomic E-state index is 12.9. The lowest BCUT2D eigenvalue weighted by Crippen LogP contribution is -2.30. The summed E-state index contributed by atoms with van der Waals surface area (Å²) in [7, 11) is 0. The molecule has 0 amide bonds. The Hall–Kier alpha value is -2.89. The number of hydrogen-bond acceptors (Lipinski definition) is 6. The van der Waals surface area contributed by atoms with Crippen molar-refractivity contribution in [1.29, 1.82) is 0 Å². The van der Waals surface area contributed by atoms with Crippen LogP contribution < -0.4 is 0 Å². The predicted octanol–water partition coefficient (Wildman–Crippen LogP) is 22.3. The molecule has 0 saturated heterocycles. The van der Waals surface area contributed by atoms with Crippen LogP contribution in [-0.4, -0.2) is 37.2 Å². The summed E-state index contributed by atoms with van der Waals surface area (Å²) in [6, 6.07) is 0. The molecule has 6 nitrogen and oxygen atoms in total. The molecule has 0 rings (SSSR count). The number of rotatable bonds is 60. The quantitative estimate of drug-likeness (QED) is 0.0261. The van der Waals surface area contributed by atoms with Crippen LogP contribution in [0.4, 0.5) is 0 Å². The molecule has 0 aromatic carbocycles. The molecule has 0 spiro atoms. The number of carbonyl (C=O) groups excluding carboxylic acids is 3. The van der Waals surface area contributed by atoms with Gasteiger partial charge in [-0.25, -0.2) is 0 Å². The number of hydrogen-bond donors (Lipinski definition) is 0. The first-order valence-electron chi connectivity index (χ1n) is 32.8. The Kier molecular flexibility index (Phi) is 61.2. The molecule has 0 aliphatic heterocycles. The SMILES string of the molecule is CCCCCCC/C=C\C/C=C\C/C=C\CCCCCCCCCCCCC(=O)OCC(COC(=O)CCCCCCC/C=C\CCCCCCCC)OC(=O)CCCCCCCCC/C=C\CCCCCCCC. The van der Waals surface area contributed by atoms with E-state index in [9.17, 15) is 14.4 Å². The van der Waals surface area contributed by atoms with Gasteiger partial charge in [-0.3, -0.25) is 14.4 Å². The number of allylic oxidation sites excluding steroid dienone is 10. The number of carbonyl (C=O) groups is 3. The van der Waals surface area contributed by atoms with E-state index in [0.29, 0.717) is 19.3 Å². The van der Waals surface area contributed by atoms with Gasteiger partial charge in [-0.2, -0.15) is 0 Å². The van der Waals surface area contributed by atoms with E-state index in [1.165, 1.54) is 225 Å². The highest BCUT2D eigenvalue weighted by Gasteiger charge is 2.19. The summed E-state index contributed by atoms with van der Waals surface area (Å²) < 4.78 is 16.9. The molecule has 6 heteroatoms. The smallest absolute Gasteiger partial charge is 0.306 e. The predicted molar refractivity (Wildman–Crippen MR) is 325 cm³/mol. The van der Waals surface area contributed by atoms with Gasteiger partial charge in [-0.1, -0.05) is 274 Å². The van der Waals surface area contributed by atoms with Crippen molar-refractivity contribution in [3.8, 4) is 0 Å². The average molecular weight is 1050 g/mol. The fourth-order valence-corrected chi connectivity index (χ4v) is 9.50. The fourth-order valence-electron chi connectivity index (χ4n) is 9.50. The van der Waals surface area contributed by atoms with Gasteiger partial charge in [0.2, 0.25) is 0 Å². The van der Waals surface area contributed by atoms with Crippen LogP contribution in [-0.2, 0) is 28.6 Å². The maximum absolute atomic E-state index is 12.9. The lowest BCUT2D eigenvalue weighted by molar-refractivity contribution is -0.167. The molecule has 0 N–H and O–H groups in total. The molecule has 436 valence electrons. The standard InChI is InChI=1S/C69H124O6/c1-4-7-10-13-16-19-22-25-28-30-31-32-33-34-35-36-37-39-41-44-47-50-53-56-59-62-68(71)74-65-66(64-73-67(70)61-58-55-52-49-46-43-40-27-24-21-18-15-12-9-6-3)75-69(72)63-60-57-54-51-48-45-42-38-29-26-23-20-17-14-11-8-5-2/h22,25-27,29-31,33-34,40,66H,4-21,23-24,28,32,35-39,41-65H2,1-3H3/b25-22-,29-26-,31-30-,34-33-,40-27-. The van der Waals surface area contributed by atoms with Gasteiger partial charge in [0, 0.05) is 19.3 Å². The van der Waals surface area contributed by atoms with Crippen LogP contribution in [0.25, 0.3) is 0 Å². The second-order valence-electron chi connectivity index (χ2n) is 22.0. The summed E-state index contributed by atoms with van der Waals surface area (Å²) in [5, 5.41) is 0. The maximum Gasteiger partial charge on any atom is 0.306 e. The summed E-state index contributed by atoms with van der Waals surface area (Å²) in [6.07, 6.45) is 80.8. The molecule has 0 heterocycles. The molecule has 0 aliphatic carbocycles. The van der Waals surface area contributed by atoms with Crippen molar-refractivity contribution in [2.75, 3.05) is 13.2 Å². The topological polar surface area (TPSA) is 78.9 Å². The average Bonchev–Trinajstić information content (AvgIpc) is 3.41. The van der Waals surface area contributed by atoms with Crippen molar-refractivity contribution in [2.24, 2.45) is 0 Å². The largest absolute Gasteiger partial charge is 0.462 e. The Morgan fingerprint density at radius 1 is 0.267 bits per heavy atom. The van der Waals surface area contributed by atoms with E-state index in [2.05, 4.69) is 81.5 Å². The van der Waals surface area contributed by atoms with E-state index >= 15 is 0 Å². The van der Waals surface area contributed by atoms with Crippen molar-refractivity contribution >= 4 is 17.9 Å². The first kappa shape index (κ1) is 72.1. The third-order valence-electron chi connectivity index (χ3n) is 14.5. The summed E-state index contributed by atoms with van der Waals surface area (Å²) in [4.78, 5) is 38.3. The number of ether oxygens (including phenoxy) is 3. The second kappa shape index (κ2) is 63.6. The molecule has 1 unspecified atom stereocenters.